The standard InChI is InChI=1S/C18H18N6O2/c25-18(26)15-12-24(22-21-15)14-7-9-23(11-14)17-6-8-19-16(20-17)10-13-4-2-1-3-5-13/h1-6,8,12,14H,7,9-11H2,(H,25,26). The summed E-state index contributed by atoms with van der Waals surface area (Å²) in [5.74, 6) is 0.602. The Bertz CT molecular complexity index is 911. The summed E-state index contributed by atoms with van der Waals surface area (Å²) >= 11 is 0. The van der Waals surface area contributed by atoms with Gasteiger partial charge in [-0.05, 0) is 18.1 Å². The molecule has 0 saturated carbocycles. The molecule has 0 radical (unpaired) electrons. The van der Waals surface area contributed by atoms with Gasteiger partial charge in [0.05, 0.1) is 12.2 Å². The van der Waals surface area contributed by atoms with Gasteiger partial charge in [-0.15, -0.1) is 5.10 Å². The maximum Gasteiger partial charge on any atom is 0.358 e. The van der Waals surface area contributed by atoms with E-state index in [1.54, 1.807) is 10.9 Å². The molecule has 1 aromatic carbocycles. The van der Waals surface area contributed by atoms with Crippen LogP contribution in [0, 0.1) is 0 Å². The van der Waals surface area contributed by atoms with E-state index in [9.17, 15) is 4.79 Å². The molecule has 8 heteroatoms. The van der Waals surface area contributed by atoms with Gasteiger partial charge >= 0.3 is 5.97 Å². The Hall–Kier alpha value is -3.29. The van der Waals surface area contributed by atoms with E-state index >= 15 is 0 Å². The van der Waals surface area contributed by atoms with Crippen molar-refractivity contribution in [1.29, 1.82) is 0 Å². The summed E-state index contributed by atoms with van der Waals surface area (Å²) in [7, 11) is 0. The second kappa shape index (κ2) is 6.91. The number of anilines is 1. The van der Waals surface area contributed by atoms with Gasteiger partial charge in [-0.3, -0.25) is 0 Å². The molecule has 1 fully saturated rings. The third-order valence-electron chi connectivity index (χ3n) is 4.49. The predicted octanol–water partition coefficient (Wildman–Crippen LogP) is 1.81. The summed E-state index contributed by atoms with van der Waals surface area (Å²) in [6.45, 7) is 1.54. The van der Waals surface area contributed by atoms with Crippen molar-refractivity contribution < 1.29 is 9.90 Å². The number of rotatable bonds is 5. The molecule has 132 valence electrons. The lowest BCUT2D eigenvalue weighted by Crippen LogP contribution is -2.22. The van der Waals surface area contributed by atoms with Crippen molar-refractivity contribution >= 4 is 11.8 Å². The van der Waals surface area contributed by atoms with Crippen LogP contribution >= 0.6 is 0 Å². The van der Waals surface area contributed by atoms with Gasteiger partial charge in [-0.25, -0.2) is 19.4 Å². The summed E-state index contributed by atoms with van der Waals surface area (Å²) in [5, 5.41) is 16.6. The first-order valence-corrected chi connectivity index (χ1v) is 8.45. The van der Waals surface area contributed by atoms with Crippen LogP contribution in [0.5, 0.6) is 0 Å². The van der Waals surface area contributed by atoms with Crippen LogP contribution in [0.15, 0.2) is 48.8 Å². The van der Waals surface area contributed by atoms with Crippen LogP contribution in [0.25, 0.3) is 0 Å². The molecule has 4 rings (SSSR count). The Morgan fingerprint density at radius 2 is 2.08 bits per heavy atom. The van der Waals surface area contributed by atoms with E-state index in [-0.39, 0.29) is 11.7 Å². The number of aromatic carboxylic acids is 1. The van der Waals surface area contributed by atoms with Crippen molar-refractivity contribution in [3.8, 4) is 0 Å². The van der Waals surface area contributed by atoms with Crippen LogP contribution < -0.4 is 4.90 Å². The molecule has 0 spiro atoms. The van der Waals surface area contributed by atoms with Crippen LogP contribution in [0.1, 0.15) is 34.3 Å². The lowest BCUT2D eigenvalue weighted by atomic mass is 10.1. The molecule has 1 aliphatic heterocycles. The summed E-state index contributed by atoms with van der Waals surface area (Å²) < 4.78 is 1.63. The molecule has 0 amide bonds. The molecule has 1 aliphatic rings. The summed E-state index contributed by atoms with van der Waals surface area (Å²) in [6.07, 6.45) is 4.82. The Labute approximate surface area is 150 Å². The summed E-state index contributed by atoms with van der Waals surface area (Å²) in [4.78, 5) is 22.2. The second-order valence-corrected chi connectivity index (χ2v) is 6.27. The minimum absolute atomic E-state index is 0.0318. The van der Waals surface area contributed by atoms with E-state index in [2.05, 4.69) is 37.3 Å². The maximum atomic E-state index is 11.0. The molecule has 3 aromatic rings. The molecule has 0 aliphatic carbocycles. The molecule has 26 heavy (non-hydrogen) atoms. The molecule has 2 aromatic heterocycles. The first kappa shape index (κ1) is 16.2. The molecule has 1 atom stereocenters. The highest BCUT2D eigenvalue weighted by Gasteiger charge is 2.26. The molecule has 0 bridgehead atoms. The number of nitrogens with zero attached hydrogens (tertiary/aromatic N) is 6. The first-order chi connectivity index (χ1) is 12.7. The van der Waals surface area contributed by atoms with Crippen molar-refractivity contribution in [1.82, 2.24) is 25.0 Å². The average molecular weight is 350 g/mol. The largest absolute Gasteiger partial charge is 0.476 e. The number of aromatic nitrogens is 5. The average Bonchev–Trinajstić information content (AvgIpc) is 3.32. The van der Waals surface area contributed by atoms with E-state index in [0.29, 0.717) is 13.0 Å². The third-order valence-corrected chi connectivity index (χ3v) is 4.49. The molecule has 1 unspecified atom stereocenters. The summed E-state index contributed by atoms with van der Waals surface area (Å²) in [6, 6.07) is 12.1. The van der Waals surface area contributed by atoms with Gasteiger partial charge in [-0.2, -0.15) is 0 Å². The fourth-order valence-corrected chi connectivity index (χ4v) is 3.15. The van der Waals surface area contributed by atoms with Crippen LogP contribution in [-0.2, 0) is 6.42 Å². The van der Waals surface area contributed by atoms with Gasteiger partial charge in [0.1, 0.15) is 11.6 Å². The van der Waals surface area contributed by atoms with Gasteiger partial charge in [0, 0.05) is 25.7 Å². The highest BCUT2D eigenvalue weighted by molar-refractivity contribution is 5.84. The molecule has 1 saturated heterocycles. The van der Waals surface area contributed by atoms with Gasteiger partial charge < -0.3 is 10.0 Å². The Morgan fingerprint density at radius 3 is 2.85 bits per heavy atom. The van der Waals surface area contributed by atoms with E-state index < -0.39 is 5.97 Å². The van der Waals surface area contributed by atoms with Gasteiger partial charge in [-0.1, -0.05) is 35.5 Å². The minimum Gasteiger partial charge on any atom is -0.476 e. The van der Waals surface area contributed by atoms with Crippen LogP contribution in [0.3, 0.4) is 0 Å². The van der Waals surface area contributed by atoms with Crippen LogP contribution in [0.4, 0.5) is 5.82 Å². The smallest absolute Gasteiger partial charge is 0.358 e. The summed E-state index contributed by atoms with van der Waals surface area (Å²) in [5.41, 5.74) is 1.14. The van der Waals surface area contributed by atoms with Crippen LogP contribution in [-0.4, -0.2) is 49.1 Å². The molecule has 1 N–H and O–H groups in total. The minimum atomic E-state index is -1.06. The Kier molecular flexibility index (Phi) is 4.30. The quantitative estimate of drug-likeness (QED) is 0.749. The van der Waals surface area contributed by atoms with Gasteiger partial charge in [0.25, 0.3) is 0 Å². The zero-order chi connectivity index (χ0) is 17.9. The number of hydrogen-bond donors (Lipinski definition) is 1. The Morgan fingerprint density at radius 1 is 1.23 bits per heavy atom. The van der Waals surface area contributed by atoms with Crippen molar-refractivity contribution in [2.75, 3.05) is 18.0 Å². The van der Waals surface area contributed by atoms with Gasteiger partial charge in [0.2, 0.25) is 0 Å². The SMILES string of the molecule is O=C(O)c1cn(C2CCN(c3ccnc(Cc4ccccc4)n3)C2)nn1. The van der Waals surface area contributed by atoms with E-state index in [1.807, 2.05) is 24.3 Å². The van der Waals surface area contributed by atoms with Crippen LogP contribution in [0.2, 0.25) is 0 Å². The zero-order valence-electron chi connectivity index (χ0n) is 14.1. The third kappa shape index (κ3) is 3.39. The van der Waals surface area contributed by atoms with Gasteiger partial charge in [0.15, 0.2) is 5.69 Å². The topological polar surface area (TPSA) is 97.0 Å². The second-order valence-electron chi connectivity index (χ2n) is 6.27. The predicted molar refractivity (Wildman–Crippen MR) is 94.1 cm³/mol. The maximum absolute atomic E-state index is 11.0. The molecule has 3 heterocycles. The number of hydrogen-bond acceptors (Lipinski definition) is 6. The number of benzene rings is 1. The number of carbonyl (C=O) groups is 1. The van der Waals surface area contributed by atoms with Crippen molar-refractivity contribution in [3.05, 3.63) is 65.9 Å². The highest BCUT2D eigenvalue weighted by atomic mass is 16.4. The zero-order valence-corrected chi connectivity index (χ0v) is 14.1. The Balaban J connectivity index is 1.46. The van der Waals surface area contributed by atoms with Crippen molar-refractivity contribution in [3.63, 3.8) is 0 Å². The fourth-order valence-electron chi connectivity index (χ4n) is 3.15. The van der Waals surface area contributed by atoms with E-state index in [1.165, 1.54) is 11.8 Å². The lowest BCUT2D eigenvalue weighted by molar-refractivity contribution is 0.0690. The number of carboxylic acids is 1. The van der Waals surface area contributed by atoms with E-state index in [0.717, 1.165) is 24.6 Å². The van der Waals surface area contributed by atoms with Crippen molar-refractivity contribution in [2.24, 2.45) is 0 Å². The molecule has 8 nitrogen and oxygen atoms in total. The fraction of sp³-hybridized carbons (Fsp3) is 0.278. The van der Waals surface area contributed by atoms with E-state index in [4.69, 9.17) is 5.11 Å². The lowest BCUT2D eigenvalue weighted by Gasteiger charge is -2.17. The molecular formula is C18H18N6O2. The van der Waals surface area contributed by atoms with Crippen molar-refractivity contribution in [2.45, 2.75) is 18.9 Å². The first-order valence-electron chi connectivity index (χ1n) is 8.45. The normalized spacial score (nSPS) is 16.8. The number of carboxylic acid groups (broad SMARTS) is 1. The molecular weight excluding hydrogens is 332 g/mol. The monoisotopic (exact) mass is 350 g/mol. The highest BCUT2D eigenvalue weighted by Crippen LogP contribution is 2.25.